The summed E-state index contributed by atoms with van der Waals surface area (Å²) < 4.78 is 0. The lowest BCUT2D eigenvalue weighted by atomic mass is 10.2. The number of alkyl halides is 1. The van der Waals surface area contributed by atoms with Gasteiger partial charge in [0.05, 0.1) is 5.88 Å². The molecule has 0 radical (unpaired) electrons. The van der Waals surface area contributed by atoms with Gasteiger partial charge in [0.25, 0.3) is 0 Å². The Bertz CT molecular complexity index is 320. The highest BCUT2D eigenvalue weighted by Gasteiger charge is 2.11. The van der Waals surface area contributed by atoms with E-state index in [9.17, 15) is 0 Å². The first-order chi connectivity index (χ1) is 5.90. The van der Waals surface area contributed by atoms with Crippen molar-refractivity contribution in [3.63, 3.8) is 0 Å². The maximum atomic E-state index is 5.57. The molecule has 1 aliphatic heterocycles. The predicted octanol–water partition coefficient (Wildman–Crippen LogP) is 2.59. The molecular formula is C9H7ClO2. The molecule has 0 aliphatic carbocycles. The van der Waals surface area contributed by atoms with Crippen LogP contribution in [0.2, 0.25) is 0 Å². The Morgan fingerprint density at radius 3 is 2.83 bits per heavy atom. The lowest BCUT2D eigenvalue weighted by molar-refractivity contribution is -0.166. The molecule has 0 aromatic heterocycles. The van der Waals surface area contributed by atoms with Gasteiger partial charge in [-0.2, -0.15) is 0 Å². The number of hydrogen-bond donors (Lipinski definition) is 0. The number of fused-ring (bicyclic) bond motifs is 1. The van der Waals surface area contributed by atoms with E-state index < -0.39 is 0 Å². The Labute approximate surface area is 75.3 Å². The van der Waals surface area contributed by atoms with Crippen molar-refractivity contribution in [1.82, 2.24) is 0 Å². The molecule has 1 aliphatic rings. The summed E-state index contributed by atoms with van der Waals surface area (Å²) in [5, 5.41) is 0. The molecule has 0 fully saturated rings. The lowest BCUT2D eigenvalue weighted by Crippen LogP contribution is -2.04. The van der Waals surface area contributed by atoms with Gasteiger partial charge in [-0.3, -0.25) is 9.78 Å². The highest BCUT2D eigenvalue weighted by molar-refractivity contribution is 6.19. The van der Waals surface area contributed by atoms with Crippen LogP contribution in [0.25, 0.3) is 6.08 Å². The molecule has 0 unspecified atom stereocenters. The van der Waals surface area contributed by atoms with E-state index in [0.717, 1.165) is 11.3 Å². The van der Waals surface area contributed by atoms with E-state index in [1.165, 1.54) is 0 Å². The maximum absolute atomic E-state index is 5.57. The molecule has 2 rings (SSSR count). The minimum Gasteiger partial charge on any atom is -0.293 e. The Balaban J connectivity index is 2.41. The number of allylic oxidation sites excluding steroid dienone is 1. The smallest absolute Gasteiger partial charge is 0.185 e. The quantitative estimate of drug-likeness (QED) is 0.491. The minimum absolute atomic E-state index is 0.328. The maximum Gasteiger partial charge on any atom is 0.185 e. The molecule has 12 heavy (non-hydrogen) atoms. The topological polar surface area (TPSA) is 18.5 Å². The zero-order valence-electron chi connectivity index (χ0n) is 6.29. The average Bonchev–Trinajstić information content (AvgIpc) is 2.17. The molecule has 0 saturated carbocycles. The lowest BCUT2D eigenvalue weighted by Gasteiger charge is -2.14. The molecule has 0 bridgehead atoms. The van der Waals surface area contributed by atoms with Gasteiger partial charge in [-0.25, -0.2) is 0 Å². The number of para-hydroxylation sites is 1. The van der Waals surface area contributed by atoms with Crippen LogP contribution in [0.4, 0.5) is 0 Å². The van der Waals surface area contributed by atoms with Gasteiger partial charge in [-0.05, 0) is 12.1 Å². The first kappa shape index (κ1) is 7.50. The third-order valence-corrected chi connectivity index (χ3v) is 1.87. The molecule has 0 saturated heterocycles. The fraction of sp³-hybridized carbons (Fsp3) is 0.111. The van der Waals surface area contributed by atoms with E-state index in [4.69, 9.17) is 21.4 Å². The zero-order valence-corrected chi connectivity index (χ0v) is 7.04. The van der Waals surface area contributed by atoms with Gasteiger partial charge in [0.1, 0.15) is 0 Å². The van der Waals surface area contributed by atoms with Crippen molar-refractivity contribution in [1.29, 1.82) is 0 Å². The van der Waals surface area contributed by atoms with Crippen LogP contribution in [0.3, 0.4) is 0 Å². The summed E-state index contributed by atoms with van der Waals surface area (Å²) in [5.41, 5.74) is 0.999. The van der Waals surface area contributed by atoms with E-state index in [1.54, 1.807) is 0 Å². The molecule has 0 N–H and O–H groups in total. The first-order valence-corrected chi connectivity index (χ1v) is 4.13. The predicted molar refractivity (Wildman–Crippen MR) is 46.9 cm³/mol. The molecule has 62 valence electrons. The highest BCUT2D eigenvalue weighted by atomic mass is 35.5. The van der Waals surface area contributed by atoms with E-state index in [0.29, 0.717) is 11.6 Å². The van der Waals surface area contributed by atoms with Gasteiger partial charge in [0.15, 0.2) is 11.5 Å². The van der Waals surface area contributed by atoms with Crippen LogP contribution < -0.4 is 4.89 Å². The molecule has 0 atom stereocenters. The Morgan fingerprint density at radius 1 is 1.17 bits per heavy atom. The normalized spacial score (nSPS) is 13.9. The van der Waals surface area contributed by atoms with Crippen molar-refractivity contribution in [2.75, 3.05) is 5.88 Å². The molecule has 1 heterocycles. The molecule has 0 amide bonds. The standard InChI is InChI=1S/C9H7ClO2/c10-6-8-5-7-3-1-2-4-9(7)12-11-8/h1-5H,6H2. The minimum atomic E-state index is 0.328. The van der Waals surface area contributed by atoms with Crippen LogP contribution in [0.5, 0.6) is 5.75 Å². The number of benzene rings is 1. The average molecular weight is 183 g/mol. The van der Waals surface area contributed by atoms with Crippen molar-refractivity contribution in [3.8, 4) is 5.75 Å². The summed E-state index contributed by atoms with van der Waals surface area (Å²) in [6.45, 7) is 0. The van der Waals surface area contributed by atoms with Crippen LogP contribution in [-0.2, 0) is 4.89 Å². The zero-order chi connectivity index (χ0) is 8.39. The van der Waals surface area contributed by atoms with Crippen molar-refractivity contribution in [2.24, 2.45) is 0 Å². The van der Waals surface area contributed by atoms with E-state index >= 15 is 0 Å². The van der Waals surface area contributed by atoms with Crippen molar-refractivity contribution >= 4 is 17.7 Å². The van der Waals surface area contributed by atoms with E-state index in [-0.39, 0.29) is 0 Å². The second-order valence-electron chi connectivity index (χ2n) is 2.45. The Morgan fingerprint density at radius 2 is 2.00 bits per heavy atom. The molecule has 1 aromatic rings. The summed E-state index contributed by atoms with van der Waals surface area (Å²) in [7, 11) is 0. The largest absolute Gasteiger partial charge is 0.293 e. The number of halogens is 1. The van der Waals surface area contributed by atoms with Gasteiger partial charge in [-0.15, -0.1) is 11.6 Å². The van der Waals surface area contributed by atoms with E-state index in [1.807, 2.05) is 30.3 Å². The molecule has 3 heteroatoms. The summed E-state index contributed by atoms with van der Waals surface area (Å²) in [4.78, 5) is 9.86. The third kappa shape index (κ3) is 1.25. The van der Waals surface area contributed by atoms with Gasteiger partial charge in [-0.1, -0.05) is 18.2 Å². The highest BCUT2D eigenvalue weighted by Crippen LogP contribution is 2.26. The molecule has 0 spiro atoms. The van der Waals surface area contributed by atoms with Crippen LogP contribution >= 0.6 is 11.6 Å². The molecular weight excluding hydrogens is 176 g/mol. The van der Waals surface area contributed by atoms with Crippen LogP contribution in [-0.4, -0.2) is 5.88 Å². The van der Waals surface area contributed by atoms with E-state index in [2.05, 4.69) is 0 Å². The summed E-state index contributed by atoms with van der Waals surface area (Å²) in [6, 6.07) is 7.62. The Kier molecular flexibility index (Phi) is 1.92. The van der Waals surface area contributed by atoms with Crippen molar-refractivity contribution < 1.29 is 9.78 Å². The van der Waals surface area contributed by atoms with Crippen molar-refractivity contribution in [2.45, 2.75) is 0 Å². The first-order valence-electron chi connectivity index (χ1n) is 3.60. The number of rotatable bonds is 1. The van der Waals surface area contributed by atoms with Gasteiger partial charge in [0.2, 0.25) is 0 Å². The summed E-state index contributed by atoms with van der Waals surface area (Å²) in [5.74, 6) is 1.69. The van der Waals surface area contributed by atoms with Crippen LogP contribution in [0.1, 0.15) is 5.56 Å². The fourth-order valence-corrected chi connectivity index (χ4v) is 1.15. The van der Waals surface area contributed by atoms with Crippen LogP contribution in [0, 0.1) is 0 Å². The SMILES string of the molecule is ClCC1=Cc2ccccc2OO1. The third-order valence-electron chi connectivity index (χ3n) is 1.61. The van der Waals surface area contributed by atoms with Crippen LogP contribution in [0.15, 0.2) is 30.0 Å². The summed E-state index contributed by atoms with van der Waals surface area (Å²) in [6.07, 6.45) is 1.87. The van der Waals surface area contributed by atoms with Crippen molar-refractivity contribution in [3.05, 3.63) is 35.6 Å². The molecule has 2 nitrogen and oxygen atoms in total. The van der Waals surface area contributed by atoms with Gasteiger partial charge in [0, 0.05) is 5.56 Å². The second-order valence-corrected chi connectivity index (χ2v) is 2.72. The van der Waals surface area contributed by atoms with Gasteiger partial charge < -0.3 is 0 Å². The second kappa shape index (κ2) is 3.07. The summed E-state index contributed by atoms with van der Waals surface area (Å²) >= 11 is 5.57. The molecule has 1 aromatic carbocycles. The number of hydrogen-bond acceptors (Lipinski definition) is 2. The fourth-order valence-electron chi connectivity index (χ4n) is 1.03. The van der Waals surface area contributed by atoms with Gasteiger partial charge >= 0.3 is 0 Å². The monoisotopic (exact) mass is 182 g/mol. The Hall–Kier alpha value is -1.15.